The lowest BCUT2D eigenvalue weighted by Gasteiger charge is -2.29. The number of hydrogen-bond donors (Lipinski definition) is 0. The molecule has 1 aliphatic carbocycles. The van der Waals surface area contributed by atoms with Crippen molar-refractivity contribution in [1.82, 2.24) is 15.0 Å². The minimum Gasteiger partial charge on any atom is -0.451 e. The van der Waals surface area contributed by atoms with Crippen LogP contribution in [0.4, 0.5) is 0 Å². The van der Waals surface area contributed by atoms with Gasteiger partial charge in [-0.1, -0.05) is 12.8 Å². The van der Waals surface area contributed by atoms with Gasteiger partial charge in [0.15, 0.2) is 6.39 Å². The predicted molar refractivity (Wildman–Crippen MR) is 62.5 cm³/mol. The highest BCUT2D eigenvalue weighted by Gasteiger charge is 2.30. The SMILES string of the molecule is c1cnc(C2CCCCC2c2cocn2)cn1. The zero-order chi connectivity index (χ0) is 11.5. The molecule has 0 bridgehead atoms. The van der Waals surface area contributed by atoms with Crippen LogP contribution in [-0.2, 0) is 0 Å². The standard InChI is InChI=1S/C13H15N3O/c1-2-4-11(13-8-17-9-16-13)10(3-1)12-7-14-5-6-15-12/h5-11H,1-4H2. The van der Waals surface area contributed by atoms with Gasteiger partial charge in [-0.2, -0.15) is 0 Å². The molecule has 0 radical (unpaired) electrons. The Hall–Kier alpha value is -1.71. The summed E-state index contributed by atoms with van der Waals surface area (Å²) < 4.78 is 5.10. The molecule has 4 heteroatoms. The molecule has 0 aliphatic heterocycles. The lowest BCUT2D eigenvalue weighted by Crippen LogP contribution is -2.17. The molecular weight excluding hydrogens is 214 g/mol. The van der Waals surface area contributed by atoms with Crippen LogP contribution >= 0.6 is 0 Å². The van der Waals surface area contributed by atoms with Crippen molar-refractivity contribution in [2.45, 2.75) is 37.5 Å². The summed E-state index contributed by atoms with van der Waals surface area (Å²) in [5.74, 6) is 0.863. The van der Waals surface area contributed by atoms with E-state index < -0.39 is 0 Å². The normalized spacial score (nSPS) is 24.7. The van der Waals surface area contributed by atoms with Crippen LogP contribution in [0, 0.1) is 0 Å². The summed E-state index contributed by atoms with van der Waals surface area (Å²) in [6.45, 7) is 0. The average molecular weight is 229 g/mol. The maximum absolute atomic E-state index is 5.10. The maximum atomic E-state index is 5.10. The van der Waals surface area contributed by atoms with E-state index >= 15 is 0 Å². The van der Waals surface area contributed by atoms with Gasteiger partial charge in [-0.05, 0) is 12.8 Å². The first-order chi connectivity index (χ1) is 8.45. The first-order valence-corrected chi connectivity index (χ1v) is 6.09. The van der Waals surface area contributed by atoms with E-state index in [1.165, 1.54) is 19.2 Å². The van der Waals surface area contributed by atoms with Crippen LogP contribution in [-0.4, -0.2) is 15.0 Å². The van der Waals surface area contributed by atoms with E-state index in [0.29, 0.717) is 11.8 Å². The van der Waals surface area contributed by atoms with Crippen molar-refractivity contribution in [3.8, 4) is 0 Å². The molecule has 1 saturated carbocycles. The summed E-state index contributed by atoms with van der Waals surface area (Å²) in [4.78, 5) is 12.9. The summed E-state index contributed by atoms with van der Waals surface area (Å²) in [5, 5.41) is 0. The van der Waals surface area contributed by atoms with Crippen LogP contribution in [0.3, 0.4) is 0 Å². The molecule has 2 heterocycles. The first kappa shape index (κ1) is 10.4. The molecule has 2 unspecified atom stereocenters. The Balaban J connectivity index is 1.91. The molecule has 0 aromatic carbocycles. The molecule has 4 nitrogen and oxygen atoms in total. The van der Waals surface area contributed by atoms with Crippen molar-refractivity contribution in [3.63, 3.8) is 0 Å². The highest BCUT2D eigenvalue weighted by Crippen LogP contribution is 2.42. The second kappa shape index (κ2) is 4.65. The Labute approximate surface area is 100 Å². The quantitative estimate of drug-likeness (QED) is 0.794. The molecule has 3 rings (SSSR count). The zero-order valence-electron chi connectivity index (χ0n) is 9.62. The largest absolute Gasteiger partial charge is 0.451 e. The van der Waals surface area contributed by atoms with Crippen LogP contribution in [0.15, 0.2) is 35.7 Å². The van der Waals surface area contributed by atoms with Crippen LogP contribution in [0.25, 0.3) is 0 Å². The van der Waals surface area contributed by atoms with Crippen molar-refractivity contribution < 1.29 is 4.42 Å². The van der Waals surface area contributed by atoms with Crippen LogP contribution < -0.4 is 0 Å². The van der Waals surface area contributed by atoms with E-state index in [-0.39, 0.29) is 0 Å². The van der Waals surface area contributed by atoms with E-state index in [1.54, 1.807) is 18.7 Å². The van der Waals surface area contributed by atoms with Crippen LogP contribution in [0.5, 0.6) is 0 Å². The highest BCUT2D eigenvalue weighted by molar-refractivity contribution is 5.16. The summed E-state index contributed by atoms with van der Waals surface area (Å²) in [7, 11) is 0. The highest BCUT2D eigenvalue weighted by atomic mass is 16.3. The lowest BCUT2D eigenvalue weighted by molar-refractivity contribution is 0.373. The van der Waals surface area contributed by atoms with Gasteiger partial charge in [0, 0.05) is 30.4 Å². The average Bonchev–Trinajstić information content (AvgIpc) is 2.94. The minimum atomic E-state index is 0.430. The summed E-state index contributed by atoms with van der Waals surface area (Å²) in [6.07, 6.45) is 13.5. The minimum absolute atomic E-state index is 0.430. The van der Waals surface area contributed by atoms with Crippen molar-refractivity contribution >= 4 is 0 Å². The number of rotatable bonds is 2. The van der Waals surface area contributed by atoms with Gasteiger partial charge >= 0.3 is 0 Å². The van der Waals surface area contributed by atoms with Gasteiger partial charge < -0.3 is 4.42 Å². The van der Waals surface area contributed by atoms with Gasteiger partial charge in [-0.25, -0.2) is 4.98 Å². The Kier molecular flexibility index (Phi) is 2.86. The summed E-state index contributed by atoms with van der Waals surface area (Å²) >= 11 is 0. The summed E-state index contributed by atoms with van der Waals surface area (Å²) in [6, 6.07) is 0. The van der Waals surface area contributed by atoms with E-state index in [2.05, 4.69) is 15.0 Å². The third kappa shape index (κ3) is 2.07. The number of nitrogens with zero attached hydrogens (tertiary/aromatic N) is 3. The Morgan fingerprint density at radius 2 is 1.82 bits per heavy atom. The molecule has 0 N–H and O–H groups in total. The van der Waals surface area contributed by atoms with Crippen LogP contribution in [0.2, 0.25) is 0 Å². The number of hydrogen-bond acceptors (Lipinski definition) is 4. The molecule has 2 atom stereocenters. The van der Waals surface area contributed by atoms with Gasteiger partial charge in [-0.15, -0.1) is 0 Å². The monoisotopic (exact) mass is 229 g/mol. The second-order valence-corrected chi connectivity index (χ2v) is 4.54. The topological polar surface area (TPSA) is 51.8 Å². The lowest BCUT2D eigenvalue weighted by atomic mass is 9.76. The fraction of sp³-hybridized carbons (Fsp3) is 0.462. The molecule has 2 aromatic rings. The fourth-order valence-electron chi connectivity index (χ4n) is 2.75. The Bertz CT molecular complexity index is 455. The van der Waals surface area contributed by atoms with Gasteiger partial charge in [0.05, 0.1) is 11.4 Å². The summed E-state index contributed by atoms with van der Waals surface area (Å²) in [5.41, 5.74) is 2.14. The molecule has 88 valence electrons. The van der Waals surface area contributed by atoms with Crippen molar-refractivity contribution in [3.05, 3.63) is 42.6 Å². The molecule has 1 fully saturated rings. The van der Waals surface area contributed by atoms with E-state index in [1.807, 2.05) is 6.20 Å². The van der Waals surface area contributed by atoms with Gasteiger partial charge in [0.2, 0.25) is 0 Å². The predicted octanol–water partition coefficient (Wildman–Crippen LogP) is 2.91. The molecular formula is C13H15N3O. The Morgan fingerprint density at radius 1 is 1.00 bits per heavy atom. The molecule has 0 saturated heterocycles. The van der Waals surface area contributed by atoms with Crippen molar-refractivity contribution in [1.29, 1.82) is 0 Å². The van der Waals surface area contributed by atoms with E-state index in [4.69, 9.17) is 4.42 Å². The molecule has 0 spiro atoms. The van der Waals surface area contributed by atoms with Gasteiger partial charge in [0.1, 0.15) is 6.26 Å². The first-order valence-electron chi connectivity index (χ1n) is 6.09. The third-order valence-corrected chi connectivity index (χ3v) is 3.56. The van der Waals surface area contributed by atoms with E-state index in [0.717, 1.165) is 24.2 Å². The number of oxazole rings is 1. The third-order valence-electron chi connectivity index (χ3n) is 3.56. The number of aromatic nitrogens is 3. The second-order valence-electron chi connectivity index (χ2n) is 4.54. The smallest absolute Gasteiger partial charge is 0.180 e. The van der Waals surface area contributed by atoms with Gasteiger partial charge in [-0.3, -0.25) is 9.97 Å². The maximum Gasteiger partial charge on any atom is 0.180 e. The molecule has 2 aromatic heterocycles. The van der Waals surface area contributed by atoms with Crippen LogP contribution in [0.1, 0.15) is 48.9 Å². The fourth-order valence-corrected chi connectivity index (χ4v) is 2.75. The van der Waals surface area contributed by atoms with Gasteiger partial charge in [0.25, 0.3) is 0 Å². The Morgan fingerprint density at radius 3 is 2.47 bits per heavy atom. The zero-order valence-corrected chi connectivity index (χ0v) is 9.62. The van der Waals surface area contributed by atoms with Crippen molar-refractivity contribution in [2.24, 2.45) is 0 Å². The van der Waals surface area contributed by atoms with E-state index in [9.17, 15) is 0 Å². The molecule has 1 aliphatic rings. The molecule has 17 heavy (non-hydrogen) atoms. The molecule has 0 amide bonds. The van der Waals surface area contributed by atoms with Crippen molar-refractivity contribution in [2.75, 3.05) is 0 Å².